The Morgan fingerprint density at radius 1 is 1.13 bits per heavy atom. The fourth-order valence-corrected chi connectivity index (χ4v) is 3.99. The van der Waals surface area contributed by atoms with E-state index in [1.807, 2.05) is 35.8 Å². The molecule has 0 aliphatic carbocycles. The number of nitrogens with zero attached hydrogens (tertiary/aromatic N) is 1. The third-order valence-electron chi connectivity index (χ3n) is 3.13. The van der Waals surface area contributed by atoms with Gasteiger partial charge in [-0.25, -0.2) is 0 Å². The Kier molecular flexibility index (Phi) is 1.62. The molecule has 1 heterocycles. The third-order valence-corrected chi connectivity index (χ3v) is 5.57. The summed E-state index contributed by atoms with van der Waals surface area (Å²) >= 11 is 0. The van der Waals surface area contributed by atoms with Gasteiger partial charge in [-0.3, -0.25) is 0 Å². The van der Waals surface area contributed by atoms with Gasteiger partial charge in [0.1, 0.15) is 0 Å². The first-order chi connectivity index (χ1) is 7.12. The van der Waals surface area contributed by atoms with Crippen LogP contribution in [0.5, 0.6) is 0 Å². The van der Waals surface area contributed by atoms with Crippen LogP contribution in [0.4, 0.5) is 5.69 Å². The van der Waals surface area contributed by atoms with Gasteiger partial charge in [0.15, 0.2) is 0 Å². The number of rotatable bonds is 0. The molecule has 0 radical (unpaired) electrons. The zero-order valence-corrected chi connectivity index (χ0v) is 9.58. The van der Waals surface area contributed by atoms with E-state index in [0.29, 0.717) is 0 Å². The van der Waals surface area contributed by atoms with Crippen LogP contribution >= 0.6 is 10.5 Å². The monoisotopic (exact) mass is 219 g/mol. The van der Waals surface area contributed by atoms with Crippen molar-refractivity contribution < 1.29 is 4.55 Å². The molecule has 1 unspecified atom stereocenters. The van der Waals surface area contributed by atoms with Crippen molar-refractivity contribution in [2.75, 3.05) is 17.6 Å². The van der Waals surface area contributed by atoms with Gasteiger partial charge in [0.05, 0.1) is 5.69 Å². The third kappa shape index (κ3) is 0.994. The van der Waals surface area contributed by atoms with Gasteiger partial charge in [-0.05, 0) is 28.0 Å². The normalized spacial score (nSPS) is 28.1. The number of hydrogen-bond donors (Lipinski definition) is 1. The molecule has 0 amide bonds. The topological polar surface area (TPSA) is 23.5 Å². The molecule has 15 heavy (non-hydrogen) atoms. The van der Waals surface area contributed by atoms with Gasteiger partial charge in [0, 0.05) is 23.6 Å². The molecule has 2 aromatic carbocycles. The van der Waals surface area contributed by atoms with Crippen LogP contribution in [-0.4, -0.2) is 17.9 Å². The Labute approximate surface area is 90.8 Å². The van der Waals surface area contributed by atoms with E-state index in [1.54, 1.807) is 0 Å². The van der Waals surface area contributed by atoms with Crippen molar-refractivity contribution in [1.82, 2.24) is 0 Å². The first-order valence-electron chi connectivity index (χ1n) is 4.89. The van der Waals surface area contributed by atoms with E-state index >= 15 is 0 Å². The van der Waals surface area contributed by atoms with Crippen LogP contribution in [0.3, 0.4) is 0 Å². The summed E-state index contributed by atoms with van der Waals surface area (Å²) in [6, 6.07) is 12.3. The molecular weight excluding hydrogens is 206 g/mol. The van der Waals surface area contributed by atoms with Gasteiger partial charge in [-0.1, -0.05) is 24.3 Å². The quantitative estimate of drug-likeness (QED) is 0.733. The summed E-state index contributed by atoms with van der Waals surface area (Å²) < 4.78 is 12.5. The van der Waals surface area contributed by atoms with Crippen molar-refractivity contribution in [2.45, 2.75) is 4.90 Å². The van der Waals surface area contributed by atoms with Gasteiger partial charge in [-0.2, -0.15) is 0 Å². The summed E-state index contributed by atoms with van der Waals surface area (Å²) in [6.07, 6.45) is 1.92. The maximum atomic E-state index is 10.5. The molecule has 1 N–H and O–H groups in total. The fraction of sp³-hybridized carbons (Fsp3) is 0.167. The highest BCUT2D eigenvalue weighted by atomic mass is 32.3. The van der Waals surface area contributed by atoms with Crippen molar-refractivity contribution in [3.63, 3.8) is 0 Å². The van der Waals surface area contributed by atoms with E-state index < -0.39 is 10.5 Å². The summed E-state index contributed by atoms with van der Waals surface area (Å²) in [5.41, 5.74) is 1.14. The standard InChI is InChI=1S/C12H13NOS/c1-13-10-7-3-5-9-6-4-8-11(12(9)10)15(13,2)14/h3-8,14H,1-2H3. The molecule has 0 saturated carbocycles. The number of anilines is 1. The van der Waals surface area contributed by atoms with E-state index in [-0.39, 0.29) is 0 Å². The van der Waals surface area contributed by atoms with E-state index in [0.717, 1.165) is 10.6 Å². The lowest BCUT2D eigenvalue weighted by Crippen LogP contribution is -2.17. The molecule has 2 nitrogen and oxygen atoms in total. The highest BCUT2D eigenvalue weighted by molar-refractivity contribution is 8.30. The molecule has 3 heteroatoms. The van der Waals surface area contributed by atoms with Crippen LogP contribution < -0.4 is 4.31 Å². The first kappa shape index (κ1) is 9.07. The predicted molar refractivity (Wildman–Crippen MR) is 66.8 cm³/mol. The minimum absolute atomic E-state index is 1.08. The van der Waals surface area contributed by atoms with Crippen molar-refractivity contribution in [1.29, 1.82) is 0 Å². The first-order valence-corrected chi connectivity index (χ1v) is 6.84. The highest BCUT2D eigenvalue weighted by Crippen LogP contribution is 2.62. The van der Waals surface area contributed by atoms with Crippen molar-refractivity contribution in [3.8, 4) is 0 Å². The number of benzene rings is 2. The Morgan fingerprint density at radius 2 is 1.80 bits per heavy atom. The van der Waals surface area contributed by atoms with Gasteiger partial charge in [0.25, 0.3) is 0 Å². The van der Waals surface area contributed by atoms with Crippen LogP contribution in [-0.2, 0) is 0 Å². The number of hydrogen-bond acceptors (Lipinski definition) is 2. The average molecular weight is 219 g/mol. The van der Waals surface area contributed by atoms with Crippen LogP contribution in [0.1, 0.15) is 0 Å². The highest BCUT2D eigenvalue weighted by Gasteiger charge is 2.33. The predicted octanol–water partition coefficient (Wildman–Crippen LogP) is 3.47. The molecule has 78 valence electrons. The lowest BCUT2D eigenvalue weighted by Gasteiger charge is -2.34. The fourth-order valence-electron chi connectivity index (χ4n) is 2.21. The average Bonchev–Trinajstić information content (AvgIpc) is 2.43. The van der Waals surface area contributed by atoms with Crippen LogP contribution in [0.2, 0.25) is 0 Å². The summed E-state index contributed by atoms with van der Waals surface area (Å²) in [4.78, 5) is 1.08. The smallest absolute Gasteiger partial charge is 0.0564 e. The molecule has 0 aromatic heterocycles. The van der Waals surface area contributed by atoms with Crippen LogP contribution in [0.25, 0.3) is 10.8 Å². The largest absolute Gasteiger partial charge is 0.329 e. The van der Waals surface area contributed by atoms with Crippen LogP contribution in [0, 0.1) is 0 Å². The Hall–Kier alpha value is -1.19. The molecule has 3 rings (SSSR count). The summed E-state index contributed by atoms with van der Waals surface area (Å²) in [7, 11) is 0.159. The van der Waals surface area contributed by atoms with E-state index in [1.165, 1.54) is 10.8 Å². The molecule has 0 spiro atoms. The lowest BCUT2D eigenvalue weighted by molar-refractivity contribution is 0.631. The second kappa shape index (κ2) is 2.68. The van der Waals surface area contributed by atoms with E-state index in [9.17, 15) is 4.55 Å². The van der Waals surface area contributed by atoms with Crippen LogP contribution in [0.15, 0.2) is 41.3 Å². The Balaban J connectivity index is 2.51. The second-order valence-corrected chi connectivity index (χ2v) is 6.62. The molecule has 0 bridgehead atoms. The van der Waals surface area contributed by atoms with Gasteiger partial charge >= 0.3 is 0 Å². The molecule has 1 aliphatic heterocycles. The molecule has 1 aliphatic rings. The molecule has 0 fully saturated rings. The van der Waals surface area contributed by atoms with Gasteiger partial charge in [-0.15, -0.1) is 0 Å². The summed E-state index contributed by atoms with van der Waals surface area (Å²) in [5, 5.41) is 2.42. The van der Waals surface area contributed by atoms with Crippen molar-refractivity contribution >= 4 is 27.0 Å². The van der Waals surface area contributed by atoms with E-state index in [2.05, 4.69) is 18.2 Å². The summed E-state index contributed by atoms with van der Waals surface area (Å²) in [5.74, 6) is 0. The SMILES string of the molecule is CN1c2cccc3cccc(c23)S1(C)O. The van der Waals surface area contributed by atoms with Crippen molar-refractivity contribution in [2.24, 2.45) is 0 Å². The maximum absolute atomic E-state index is 10.5. The zero-order chi connectivity index (χ0) is 10.6. The summed E-state index contributed by atoms with van der Waals surface area (Å²) in [6.45, 7) is 0. The molecule has 2 aromatic rings. The second-order valence-electron chi connectivity index (χ2n) is 3.96. The minimum atomic E-state index is -1.80. The zero-order valence-electron chi connectivity index (χ0n) is 8.77. The molecule has 0 saturated heterocycles. The minimum Gasteiger partial charge on any atom is -0.329 e. The molecule has 1 atom stereocenters. The van der Waals surface area contributed by atoms with Gasteiger partial charge in [0.2, 0.25) is 0 Å². The van der Waals surface area contributed by atoms with Crippen molar-refractivity contribution in [3.05, 3.63) is 36.4 Å². The Morgan fingerprint density at radius 3 is 2.53 bits per heavy atom. The maximum Gasteiger partial charge on any atom is 0.0564 e. The lowest BCUT2D eigenvalue weighted by atomic mass is 10.1. The Bertz CT molecular complexity index is 545. The van der Waals surface area contributed by atoms with E-state index in [4.69, 9.17) is 0 Å². The molecular formula is C12H13NOS. The van der Waals surface area contributed by atoms with Gasteiger partial charge < -0.3 is 8.86 Å².